The summed E-state index contributed by atoms with van der Waals surface area (Å²) in [6.45, 7) is 0.986. The van der Waals surface area contributed by atoms with E-state index in [-0.39, 0.29) is 17.5 Å². The topological polar surface area (TPSA) is 52.5 Å². The van der Waals surface area contributed by atoms with Crippen molar-refractivity contribution in [2.45, 2.75) is 25.3 Å². The highest BCUT2D eigenvalue weighted by atomic mass is 16.3. The maximum absolute atomic E-state index is 9.64. The minimum atomic E-state index is 0.191. The molecule has 0 unspecified atom stereocenters. The van der Waals surface area contributed by atoms with Crippen molar-refractivity contribution in [1.82, 2.24) is 5.32 Å². The zero-order chi connectivity index (χ0) is 9.97. The molecule has 1 aromatic carbocycles. The fraction of sp³-hybridized carbons (Fsp3) is 0.455. The highest BCUT2D eigenvalue weighted by Gasteiger charge is 2.17. The predicted octanol–water partition coefficient (Wildman–Crippen LogP) is 1.91. The average molecular weight is 193 g/mol. The van der Waals surface area contributed by atoms with Crippen LogP contribution in [0.25, 0.3) is 0 Å². The lowest BCUT2D eigenvalue weighted by atomic mass is 9.97. The Morgan fingerprint density at radius 1 is 1.21 bits per heavy atom. The lowest BCUT2D eigenvalue weighted by Gasteiger charge is -2.24. The van der Waals surface area contributed by atoms with Crippen LogP contribution < -0.4 is 5.32 Å². The number of hydrogen-bond donors (Lipinski definition) is 3. The van der Waals surface area contributed by atoms with Gasteiger partial charge in [0.25, 0.3) is 0 Å². The summed E-state index contributed by atoms with van der Waals surface area (Å²) < 4.78 is 0. The molecule has 1 aromatic rings. The molecule has 0 aliphatic carbocycles. The summed E-state index contributed by atoms with van der Waals surface area (Å²) in [4.78, 5) is 0. The van der Waals surface area contributed by atoms with Crippen molar-refractivity contribution in [3.8, 4) is 11.5 Å². The molecule has 1 atom stereocenters. The van der Waals surface area contributed by atoms with Gasteiger partial charge >= 0.3 is 0 Å². The Morgan fingerprint density at radius 3 is 2.79 bits per heavy atom. The van der Waals surface area contributed by atoms with Gasteiger partial charge in [-0.05, 0) is 37.6 Å². The number of nitrogens with one attached hydrogen (secondary N) is 1. The van der Waals surface area contributed by atoms with Crippen LogP contribution in [-0.2, 0) is 0 Å². The van der Waals surface area contributed by atoms with Crippen molar-refractivity contribution in [2.75, 3.05) is 6.54 Å². The number of benzene rings is 1. The van der Waals surface area contributed by atoms with Crippen LogP contribution in [0.4, 0.5) is 0 Å². The Morgan fingerprint density at radius 2 is 2.07 bits per heavy atom. The summed E-state index contributed by atoms with van der Waals surface area (Å²) in [5, 5.41) is 22.3. The monoisotopic (exact) mass is 193 g/mol. The van der Waals surface area contributed by atoms with E-state index in [0.717, 1.165) is 18.5 Å². The van der Waals surface area contributed by atoms with E-state index in [1.165, 1.54) is 18.9 Å². The molecule has 1 heterocycles. The van der Waals surface area contributed by atoms with Gasteiger partial charge in [0.05, 0.1) is 0 Å². The molecular formula is C11H15NO2. The van der Waals surface area contributed by atoms with Crippen LogP contribution in [0.3, 0.4) is 0 Å². The Kier molecular flexibility index (Phi) is 2.59. The Balaban J connectivity index is 2.24. The Hall–Kier alpha value is -1.22. The first-order chi connectivity index (χ1) is 6.77. The first-order valence-corrected chi connectivity index (χ1v) is 5.02. The first-order valence-electron chi connectivity index (χ1n) is 5.02. The second-order valence-electron chi connectivity index (χ2n) is 3.75. The summed E-state index contributed by atoms with van der Waals surface area (Å²) in [5.74, 6) is 0.479. The molecule has 0 spiro atoms. The van der Waals surface area contributed by atoms with E-state index in [1.54, 1.807) is 12.1 Å². The van der Waals surface area contributed by atoms with Gasteiger partial charge in [0, 0.05) is 11.6 Å². The molecule has 0 aromatic heterocycles. The third-order valence-corrected chi connectivity index (χ3v) is 2.70. The molecule has 2 rings (SSSR count). The van der Waals surface area contributed by atoms with Crippen molar-refractivity contribution in [1.29, 1.82) is 0 Å². The van der Waals surface area contributed by atoms with Crippen molar-refractivity contribution in [3.05, 3.63) is 23.8 Å². The summed E-state index contributed by atoms with van der Waals surface area (Å²) in [5.41, 5.74) is 0.810. The molecule has 3 heteroatoms. The van der Waals surface area contributed by atoms with E-state index in [2.05, 4.69) is 5.32 Å². The molecule has 1 aliphatic heterocycles. The summed E-state index contributed by atoms with van der Waals surface area (Å²) in [7, 11) is 0. The molecule has 3 N–H and O–H groups in total. The molecule has 1 fully saturated rings. The highest BCUT2D eigenvalue weighted by molar-refractivity contribution is 5.40. The number of hydrogen-bond acceptors (Lipinski definition) is 3. The van der Waals surface area contributed by atoms with Gasteiger partial charge in [-0.15, -0.1) is 0 Å². The van der Waals surface area contributed by atoms with Crippen LogP contribution in [0.15, 0.2) is 18.2 Å². The zero-order valence-electron chi connectivity index (χ0n) is 8.03. The zero-order valence-corrected chi connectivity index (χ0v) is 8.03. The maximum Gasteiger partial charge on any atom is 0.120 e. The number of aromatic hydroxyl groups is 2. The predicted molar refractivity (Wildman–Crippen MR) is 54.4 cm³/mol. The molecule has 1 saturated heterocycles. The standard InChI is InChI=1S/C11H15NO2/c13-8-4-5-11(14)9(7-8)10-3-1-2-6-12-10/h4-5,7,10,12-14H,1-3,6H2/t10-/m0/s1. The van der Waals surface area contributed by atoms with Gasteiger partial charge in [-0.25, -0.2) is 0 Å². The van der Waals surface area contributed by atoms with Crippen molar-refractivity contribution in [3.63, 3.8) is 0 Å². The smallest absolute Gasteiger partial charge is 0.120 e. The molecule has 0 saturated carbocycles. The van der Waals surface area contributed by atoms with Crippen LogP contribution in [0.5, 0.6) is 11.5 Å². The fourth-order valence-corrected chi connectivity index (χ4v) is 1.94. The number of piperidine rings is 1. The van der Waals surface area contributed by atoms with Crippen molar-refractivity contribution in [2.24, 2.45) is 0 Å². The SMILES string of the molecule is Oc1ccc(O)c([C@@H]2CCCCN2)c1. The minimum Gasteiger partial charge on any atom is -0.508 e. The summed E-state index contributed by atoms with van der Waals surface area (Å²) in [6, 6.07) is 4.87. The second-order valence-corrected chi connectivity index (χ2v) is 3.75. The van der Waals surface area contributed by atoms with E-state index in [0.29, 0.717) is 0 Å². The van der Waals surface area contributed by atoms with Crippen LogP contribution >= 0.6 is 0 Å². The quantitative estimate of drug-likeness (QED) is 0.597. The van der Waals surface area contributed by atoms with Crippen molar-refractivity contribution >= 4 is 0 Å². The first kappa shape index (κ1) is 9.34. The van der Waals surface area contributed by atoms with E-state index in [1.807, 2.05) is 0 Å². The van der Waals surface area contributed by atoms with Crippen LogP contribution in [0.1, 0.15) is 30.9 Å². The lowest BCUT2D eigenvalue weighted by Crippen LogP contribution is -2.26. The molecule has 1 aliphatic rings. The third kappa shape index (κ3) is 1.82. The van der Waals surface area contributed by atoms with Gasteiger partial charge in [0.15, 0.2) is 0 Å². The molecule has 0 radical (unpaired) electrons. The molecule has 3 nitrogen and oxygen atoms in total. The highest BCUT2D eigenvalue weighted by Crippen LogP contribution is 2.32. The summed E-state index contributed by atoms with van der Waals surface area (Å²) in [6.07, 6.45) is 3.39. The number of rotatable bonds is 1. The summed E-state index contributed by atoms with van der Waals surface area (Å²) >= 11 is 0. The van der Waals surface area contributed by atoms with E-state index in [9.17, 15) is 10.2 Å². The minimum absolute atomic E-state index is 0.191. The Bertz CT molecular complexity index is 319. The number of phenols is 2. The molecule has 76 valence electrons. The van der Waals surface area contributed by atoms with E-state index < -0.39 is 0 Å². The van der Waals surface area contributed by atoms with Crippen LogP contribution in [-0.4, -0.2) is 16.8 Å². The largest absolute Gasteiger partial charge is 0.508 e. The molecule has 0 amide bonds. The van der Waals surface area contributed by atoms with E-state index >= 15 is 0 Å². The molecular weight excluding hydrogens is 178 g/mol. The van der Waals surface area contributed by atoms with Gasteiger partial charge in [-0.3, -0.25) is 0 Å². The third-order valence-electron chi connectivity index (χ3n) is 2.70. The van der Waals surface area contributed by atoms with Gasteiger partial charge in [0.2, 0.25) is 0 Å². The van der Waals surface area contributed by atoms with Crippen molar-refractivity contribution < 1.29 is 10.2 Å². The van der Waals surface area contributed by atoms with Gasteiger partial charge in [-0.1, -0.05) is 6.42 Å². The van der Waals surface area contributed by atoms with Crippen LogP contribution in [0, 0.1) is 0 Å². The van der Waals surface area contributed by atoms with E-state index in [4.69, 9.17) is 0 Å². The second kappa shape index (κ2) is 3.88. The lowest BCUT2D eigenvalue weighted by molar-refractivity contribution is 0.387. The fourth-order valence-electron chi connectivity index (χ4n) is 1.94. The number of phenolic OH excluding ortho intramolecular Hbond substituents is 2. The van der Waals surface area contributed by atoms with Gasteiger partial charge in [-0.2, -0.15) is 0 Å². The normalized spacial score (nSPS) is 22.1. The maximum atomic E-state index is 9.64. The molecule has 14 heavy (non-hydrogen) atoms. The molecule has 0 bridgehead atoms. The Labute approximate surface area is 83.4 Å². The van der Waals surface area contributed by atoms with Gasteiger partial charge in [0.1, 0.15) is 11.5 Å². The van der Waals surface area contributed by atoms with Crippen LogP contribution in [0.2, 0.25) is 0 Å². The van der Waals surface area contributed by atoms with Gasteiger partial charge < -0.3 is 15.5 Å². The average Bonchev–Trinajstić information content (AvgIpc) is 2.23.